The number of nitrogens with zero attached hydrogens (tertiary/aromatic N) is 1. The largest absolute Gasteiger partial charge is 0.394 e. The van der Waals surface area contributed by atoms with Crippen molar-refractivity contribution in [2.24, 2.45) is 0 Å². The molecule has 5 nitrogen and oxygen atoms in total. The standard InChI is InChI=1S/C12H13N3O2/c13-7-9-2-1-3-10(6-9)14-11(17)15-12(8-16)4-5-12/h1-3,6,16H,4-5,8H2,(H2,14,15,17). The Balaban J connectivity index is 1.96. The lowest BCUT2D eigenvalue weighted by molar-refractivity contribution is 0.217. The normalized spacial score (nSPS) is 15.8. The molecule has 0 unspecified atom stereocenters. The predicted molar refractivity (Wildman–Crippen MR) is 62.4 cm³/mol. The Bertz CT molecular complexity index is 475. The molecule has 17 heavy (non-hydrogen) atoms. The van der Waals surface area contributed by atoms with Gasteiger partial charge < -0.3 is 15.7 Å². The number of benzene rings is 1. The second-order valence-corrected chi connectivity index (χ2v) is 4.21. The summed E-state index contributed by atoms with van der Waals surface area (Å²) in [6, 6.07) is 8.32. The SMILES string of the molecule is N#Cc1cccc(NC(=O)NC2(CO)CC2)c1. The first-order valence-corrected chi connectivity index (χ1v) is 5.38. The van der Waals surface area contributed by atoms with Crippen molar-refractivity contribution in [1.29, 1.82) is 5.26 Å². The Morgan fingerprint density at radius 2 is 2.29 bits per heavy atom. The van der Waals surface area contributed by atoms with E-state index in [4.69, 9.17) is 10.4 Å². The fourth-order valence-corrected chi connectivity index (χ4v) is 1.54. The third kappa shape index (κ3) is 2.74. The van der Waals surface area contributed by atoms with E-state index in [1.54, 1.807) is 24.3 Å². The van der Waals surface area contributed by atoms with Gasteiger partial charge >= 0.3 is 6.03 Å². The zero-order chi connectivity index (χ0) is 12.3. The maximum atomic E-state index is 11.6. The molecular weight excluding hydrogens is 218 g/mol. The highest BCUT2D eigenvalue weighted by molar-refractivity contribution is 5.90. The van der Waals surface area contributed by atoms with E-state index in [9.17, 15) is 4.79 Å². The van der Waals surface area contributed by atoms with E-state index in [2.05, 4.69) is 10.6 Å². The van der Waals surface area contributed by atoms with Gasteiger partial charge in [-0.15, -0.1) is 0 Å². The second kappa shape index (κ2) is 4.44. The van der Waals surface area contributed by atoms with Crippen molar-refractivity contribution < 1.29 is 9.90 Å². The highest BCUT2D eigenvalue weighted by atomic mass is 16.3. The number of rotatable bonds is 3. The van der Waals surface area contributed by atoms with E-state index in [-0.39, 0.29) is 12.6 Å². The van der Waals surface area contributed by atoms with Crippen molar-refractivity contribution in [1.82, 2.24) is 5.32 Å². The van der Waals surface area contributed by atoms with E-state index in [1.807, 2.05) is 6.07 Å². The first kappa shape index (κ1) is 11.4. The molecule has 0 spiro atoms. The third-order valence-electron chi connectivity index (χ3n) is 2.78. The number of hydrogen-bond donors (Lipinski definition) is 3. The first-order valence-electron chi connectivity index (χ1n) is 5.38. The number of aliphatic hydroxyl groups excluding tert-OH is 1. The molecule has 1 aromatic carbocycles. The van der Waals surface area contributed by atoms with Crippen LogP contribution >= 0.6 is 0 Å². The molecule has 0 aromatic heterocycles. The summed E-state index contributed by atoms with van der Waals surface area (Å²) in [6.07, 6.45) is 1.60. The van der Waals surface area contributed by atoms with Crippen LogP contribution in [0.1, 0.15) is 18.4 Å². The van der Waals surface area contributed by atoms with Crippen LogP contribution in [0.15, 0.2) is 24.3 Å². The van der Waals surface area contributed by atoms with Gasteiger partial charge in [-0.2, -0.15) is 5.26 Å². The lowest BCUT2D eigenvalue weighted by Gasteiger charge is -2.14. The van der Waals surface area contributed by atoms with Gasteiger partial charge in [-0.25, -0.2) is 4.79 Å². The van der Waals surface area contributed by atoms with Crippen LogP contribution in [-0.4, -0.2) is 23.3 Å². The van der Waals surface area contributed by atoms with E-state index < -0.39 is 5.54 Å². The van der Waals surface area contributed by atoms with Crippen LogP contribution in [0.2, 0.25) is 0 Å². The van der Waals surface area contributed by atoms with Crippen molar-refractivity contribution in [2.75, 3.05) is 11.9 Å². The molecule has 0 atom stereocenters. The van der Waals surface area contributed by atoms with Gasteiger partial charge in [0.25, 0.3) is 0 Å². The van der Waals surface area contributed by atoms with E-state index in [0.717, 1.165) is 12.8 Å². The fourth-order valence-electron chi connectivity index (χ4n) is 1.54. The van der Waals surface area contributed by atoms with Crippen LogP contribution in [0.25, 0.3) is 0 Å². The van der Waals surface area contributed by atoms with Crippen LogP contribution in [0.5, 0.6) is 0 Å². The lowest BCUT2D eigenvalue weighted by atomic mass is 10.2. The number of hydrogen-bond acceptors (Lipinski definition) is 3. The summed E-state index contributed by atoms with van der Waals surface area (Å²) in [4.78, 5) is 11.6. The molecule has 0 bridgehead atoms. The number of nitriles is 1. The van der Waals surface area contributed by atoms with Gasteiger partial charge in [0, 0.05) is 5.69 Å². The smallest absolute Gasteiger partial charge is 0.319 e. The van der Waals surface area contributed by atoms with Gasteiger partial charge in [-0.05, 0) is 31.0 Å². The van der Waals surface area contributed by atoms with Crippen molar-refractivity contribution in [3.8, 4) is 6.07 Å². The number of carbonyl (C=O) groups is 1. The Labute approximate surface area is 99.1 Å². The molecule has 0 heterocycles. The molecule has 5 heteroatoms. The molecule has 3 N–H and O–H groups in total. The Morgan fingerprint density at radius 1 is 1.53 bits per heavy atom. The molecule has 0 radical (unpaired) electrons. The van der Waals surface area contributed by atoms with Crippen molar-refractivity contribution in [2.45, 2.75) is 18.4 Å². The molecule has 0 aliphatic heterocycles. The quantitative estimate of drug-likeness (QED) is 0.730. The molecule has 0 saturated heterocycles. The number of nitrogens with one attached hydrogen (secondary N) is 2. The number of aliphatic hydroxyl groups is 1. The lowest BCUT2D eigenvalue weighted by Crippen LogP contribution is -2.42. The monoisotopic (exact) mass is 231 g/mol. The Kier molecular flexibility index (Phi) is 2.98. The average Bonchev–Trinajstić information content (AvgIpc) is 3.09. The fraction of sp³-hybridized carbons (Fsp3) is 0.333. The molecule has 1 aromatic rings. The van der Waals surface area contributed by atoms with Gasteiger partial charge in [0.2, 0.25) is 0 Å². The molecule has 2 amide bonds. The summed E-state index contributed by atoms with van der Waals surface area (Å²) < 4.78 is 0. The molecule has 1 fully saturated rings. The summed E-state index contributed by atoms with van der Waals surface area (Å²) in [5.41, 5.74) is 0.623. The minimum atomic E-state index is -0.434. The molecular formula is C12H13N3O2. The predicted octanol–water partition coefficient (Wildman–Crippen LogP) is 1.20. The average molecular weight is 231 g/mol. The second-order valence-electron chi connectivity index (χ2n) is 4.21. The van der Waals surface area contributed by atoms with Crippen molar-refractivity contribution in [3.05, 3.63) is 29.8 Å². The zero-order valence-electron chi connectivity index (χ0n) is 9.23. The Morgan fingerprint density at radius 3 is 2.88 bits per heavy atom. The molecule has 1 aliphatic carbocycles. The first-order chi connectivity index (χ1) is 8.17. The number of anilines is 1. The molecule has 1 aliphatic rings. The Hall–Kier alpha value is -2.06. The molecule has 1 saturated carbocycles. The van der Waals surface area contributed by atoms with E-state index in [0.29, 0.717) is 11.3 Å². The number of carbonyl (C=O) groups excluding carboxylic acids is 1. The van der Waals surface area contributed by atoms with Crippen molar-refractivity contribution >= 4 is 11.7 Å². The van der Waals surface area contributed by atoms with Gasteiger partial charge in [0.15, 0.2) is 0 Å². The molecule has 2 rings (SSSR count). The minimum Gasteiger partial charge on any atom is -0.394 e. The van der Waals surface area contributed by atoms with Gasteiger partial charge in [-0.3, -0.25) is 0 Å². The van der Waals surface area contributed by atoms with Gasteiger partial charge in [0.1, 0.15) is 0 Å². The van der Waals surface area contributed by atoms with Crippen LogP contribution in [0, 0.1) is 11.3 Å². The summed E-state index contributed by atoms with van der Waals surface area (Å²) in [6.45, 7) is -0.0430. The van der Waals surface area contributed by atoms with Gasteiger partial charge in [-0.1, -0.05) is 6.07 Å². The maximum Gasteiger partial charge on any atom is 0.319 e. The van der Waals surface area contributed by atoms with Gasteiger partial charge in [0.05, 0.1) is 23.8 Å². The highest BCUT2D eigenvalue weighted by Gasteiger charge is 2.43. The van der Waals surface area contributed by atoms with Crippen LogP contribution in [0.4, 0.5) is 10.5 Å². The summed E-state index contributed by atoms with van der Waals surface area (Å²) in [5.74, 6) is 0. The molecule has 88 valence electrons. The van der Waals surface area contributed by atoms with Crippen LogP contribution in [0.3, 0.4) is 0 Å². The topological polar surface area (TPSA) is 85.2 Å². The van der Waals surface area contributed by atoms with Crippen LogP contribution in [-0.2, 0) is 0 Å². The van der Waals surface area contributed by atoms with E-state index >= 15 is 0 Å². The van der Waals surface area contributed by atoms with Crippen LogP contribution < -0.4 is 10.6 Å². The summed E-state index contributed by atoms with van der Waals surface area (Å²) >= 11 is 0. The zero-order valence-corrected chi connectivity index (χ0v) is 9.23. The third-order valence-corrected chi connectivity index (χ3v) is 2.78. The number of urea groups is 1. The minimum absolute atomic E-state index is 0.0430. The summed E-state index contributed by atoms with van der Waals surface area (Å²) in [5, 5.41) is 23.1. The van der Waals surface area contributed by atoms with E-state index in [1.165, 1.54) is 0 Å². The van der Waals surface area contributed by atoms with Crippen molar-refractivity contribution in [3.63, 3.8) is 0 Å². The maximum absolute atomic E-state index is 11.6. The number of amides is 2. The highest BCUT2D eigenvalue weighted by Crippen LogP contribution is 2.34. The summed E-state index contributed by atoms with van der Waals surface area (Å²) in [7, 11) is 0.